The normalized spacial score (nSPS) is 20.2. The number of rotatable bonds is 2. The van der Waals surface area contributed by atoms with Gasteiger partial charge in [0, 0.05) is 31.7 Å². The molecule has 0 radical (unpaired) electrons. The zero-order valence-electron chi connectivity index (χ0n) is 21.0. The minimum atomic E-state index is -4.50. The fourth-order valence-corrected chi connectivity index (χ4v) is 5.26. The van der Waals surface area contributed by atoms with E-state index in [-0.39, 0.29) is 29.6 Å². The van der Waals surface area contributed by atoms with E-state index in [0.717, 1.165) is 37.8 Å². The second-order valence-electron chi connectivity index (χ2n) is 9.85. The number of aliphatic imine (C=N–C) groups is 1. The van der Waals surface area contributed by atoms with Crippen LogP contribution in [0.2, 0.25) is 0 Å². The number of hydrogen-bond donors (Lipinski definition) is 1. The van der Waals surface area contributed by atoms with Gasteiger partial charge in [-0.1, -0.05) is 19.3 Å². The molecule has 0 bridgehead atoms. The maximum Gasteiger partial charge on any atom is 0.416 e. The van der Waals surface area contributed by atoms with Gasteiger partial charge in [-0.3, -0.25) is 0 Å². The SMILES string of the molecule is COc1ccc2c(c1)C(N1CCN(C(=O)NC3CCCCC3)C(C)C1)=Nc1cc(C(F)(F)F)ccc1O2. The summed E-state index contributed by atoms with van der Waals surface area (Å²) in [6.07, 6.45) is 1.00. The van der Waals surface area contributed by atoms with Crippen LogP contribution in [0, 0.1) is 0 Å². The summed E-state index contributed by atoms with van der Waals surface area (Å²) in [6.45, 7) is 3.39. The van der Waals surface area contributed by atoms with Crippen LogP contribution in [0.4, 0.5) is 23.7 Å². The first-order valence-electron chi connectivity index (χ1n) is 12.7. The van der Waals surface area contributed by atoms with Crippen molar-refractivity contribution in [1.29, 1.82) is 0 Å². The molecule has 1 aliphatic carbocycles. The lowest BCUT2D eigenvalue weighted by atomic mass is 9.96. The van der Waals surface area contributed by atoms with Gasteiger partial charge in [0.15, 0.2) is 5.75 Å². The largest absolute Gasteiger partial charge is 0.497 e. The highest BCUT2D eigenvalue weighted by molar-refractivity contribution is 6.04. The highest BCUT2D eigenvalue weighted by Crippen LogP contribution is 2.42. The number of carbonyl (C=O) groups is 1. The molecule has 2 aromatic rings. The van der Waals surface area contributed by atoms with Crippen molar-refractivity contribution < 1.29 is 27.4 Å². The number of amides is 2. The van der Waals surface area contributed by atoms with Crippen molar-refractivity contribution in [2.24, 2.45) is 4.99 Å². The Morgan fingerprint density at radius 3 is 2.54 bits per heavy atom. The third-order valence-corrected chi connectivity index (χ3v) is 7.28. The summed E-state index contributed by atoms with van der Waals surface area (Å²) < 4.78 is 51.8. The molecule has 2 aromatic carbocycles. The Bertz CT molecular complexity index is 1190. The average molecular weight is 517 g/mol. The number of amidine groups is 1. The lowest BCUT2D eigenvalue weighted by Gasteiger charge is -2.41. The second kappa shape index (κ2) is 10.1. The summed E-state index contributed by atoms with van der Waals surface area (Å²) in [5.74, 6) is 1.79. The second-order valence-corrected chi connectivity index (χ2v) is 9.85. The van der Waals surface area contributed by atoms with Gasteiger partial charge in [-0.15, -0.1) is 0 Å². The lowest BCUT2D eigenvalue weighted by Crippen LogP contribution is -2.58. The molecule has 5 rings (SSSR count). The van der Waals surface area contributed by atoms with Crippen LogP contribution >= 0.6 is 0 Å². The topological polar surface area (TPSA) is 66.4 Å². The molecular formula is C27H31F3N4O3. The number of halogens is 3. The lowest BCUT2D eigenvalue weighted by molar-refractivity contribution is -0.137. The first kappa shape index (κ1) is 25.2. The first-order valence-corrected chi connectivity index (χ1v) is 12.7. The summed E-state index contributed by atoms with van der Waals surface area (Å²) in [5.41, 5.74) is -0.0689. The smallest absolute Gasteiger partial charge is 0.416 e. The van der Waals surface area contributed by atoms with Gasteiger partial charge >= 0.3 is 12.2 Å². The molecule has 1 unspecified atom stereocenters. The summed E-state index contributed by atoms with van der Waals surface area (Å²) in [4.78, 5) is 21.5. The van der Waals surface area contributed by atoms with Gasteiger partial charge in [-0.05, 0) is 56.2 Å². The number of carbonyl (C=O) groups excluding carboxylic acids is 1. The van der Waals surface area contributed by atoms with Crippen molar-refractivity contribution in [3.05, 3.63) is 47.5 Å². The molecule has 1 saturated carbocycles. The summed E-state index contributed by atoms with van der Waals surface area (Å²) in [6, 6.07) is 8.58. The minimum absolute atomic E-state index is 0.0626. The van der Waals surface area contributed by atoms with Gasteiger partial charge in [-0.2, -0.15) is 13.2 Å². The van der Waals surface area contributed by atoms with E-state index in [4.69, 9.17) is 14.5 Å². The van der Waals surface area contributed by atoms with Crippen LogP contribution in [0.15, 0.2) is 41.4 Å². The molecule has 0 aromatic heterocycles. The standard InChI is InChI=1S/C27H31F3N4O3/c1-17-16-33(12-13-34(17)26(35)31-19-6-4-3-5-7-19)25-21-15-20(36-2)9-11-23(21)37-24-10-8-18(27(28,29)30)14-22(24)32-25/h8-11,14-15,17,19H,3-7,12-13,16H2,1-2H3,(H,31,35). The van der Waals surface area contributed by atoms with E-state index in [1.54, 1.807) is 25.3 Å². The number of methoxy groups -OCH3 is 1. The number of hydrogen-bond acceptors (Lipinski definition) is 5. The molecular weight excluding hydrogens is 485 g/mol. The van der Waals surface area contributed by atoms with Crippen molar-refractivity contribution in [1.82, 2.24) is 15.1 Å². The van der Waals surface area contributed by atoms with E-state index in [1.165, 1.54) is 12.5 Å². The van der Waals surface area contributed by atoms with Crippen LogP contribution < -0.4 is 14.8 Å². The number of fused-ring (bicyclic) bond motifs is 2. The van der Waals surface area contributed by atoms with Gasteiger partial charge in [0.2, 0.25) is 0 Å². The first-order chi connectivity index (χ1) is 17.7. The Morgan fingerprint density at radius 1 is 1.08 bits per heavy atom. The fourth-order valence-electron chi connectivity index (χ4n) is 5.26. The number of nitrogens with zero attached hydrogens (tertiary/aromatic N) is 3. The Labute approximate surface area is 214 Å². The fraction of sp³-hybridized carbons (Fsp3) is 0.481. The predicted octanol–water partition coefficient (Wildman–Crippen LogP) is 5.95. The summed E-state index contributed by atoms with van der Waals surface area (Å²) >= 11 is 0. The third kappa shape index (κ3) is 5.33. The molecule has 0 spiro atoms. The number of urea groups is 1. The molecule has 198 valence electrons. The van der Waals surface area contributed by atoms with Gasteiger partial charge in [-0.25, -0.2) is 9.79 Å². The number of nitrogens with one attached hydrogen (secondary N) is 1. The van der Waals surface area contributed by atoms with Crippen molar-refractivity contribution in [3.8, 4) is 17.2 Å². The van der Waals surface area contributed by atoms with Crippen LogP contribution in [0.25, 0.3) is 0 Å². The molecule has 2 fully saturated rings. The Balaban J connectivity index is 1.44. The van der Waals surface area contributed by atoms with Crippen LogP contribution in [-0.4, -0.2) is 60.5 Å². The molecule has 10 heteroatoms. The quantitative estimate of drug-likeness (QED) is 0.536. The Hall–Kier alpha value is -3.43. The summed E-state index contributed by atoms with van der Waals surface area (Å²) in [7, 11) is 1.55. The Kier molecular flexibility index (Phi) is 6.92. The van der Waals surface area contributed by atoms with Crippen molar-refractivity contribution in [3.63, 3.8) is 0 Å². The Morgan fingerprint density at radius 2 is 1.84 bits per heavy atom. The van der Waals surface area contributed by atoms with Crippen LogP contribution in [0.3, 0.4) is 0 Å². The average Bonchev–Trinajstić information content (AvgIpc) is 3.04. The number of piperazine rings is 1. The number of alkyl halides is 3. The minimum Gasteiger partial charge on any atom is -0.497 e. The molecule has 3 aliphatic rings. The maximum absolute atomic E-state index is 13.5. The van der Waals surface area contributed by atoms with E-state index in [0.29, 0.717) is 42.5 Å². The highest BCUT2D eigenvalue weighted by Gasteiger charge is 2.34. The number of ether oxygens (including phenoxy) is 2. The van der Waals surface area contributed by atoms with E-state index >= 15 is 0 Å². The summed E-state index contributed by atoms with van der Waals surface area (Å²) in [5, 5.41) is 3.18. The third-order valence-electron chi connectivity index (χ3n) is 7.28. The van der Waals surface area contributed by atoms with Gasteiger partial charge in [0.25, 0.3) is 0 Å². The van der Waals surface area contributed by atoms with E-state index in [1.807, 2.05) is 16.7 Å². The molecule has 2 aliphatic heterocycles. The van der Waals surface area contributed by atoms with Gasteiger partial charge in [0.1, 0.15) is 23.0 Å². The highest BCUT2D eigenvalue weighted by atomic mass is 19.4. The van der Waals surface area contributed by atoms with Crippen molar-refractivity contribution >= 4 is 17.6 Å². The maximum atomic E-state index is 13.5. The van der Waals surface area contributed by atoms with E-state index in [2.05, 4.69) is 5.32 Å². The van der Waals surface area contributed by atoms with Gasteiger partial charge in [0.05, 0.1) is 18.2 Å². The molecule has 7 nitrogen and oxygen atoms in total. The van der Waals surface area contributed by atoms with Crippen LogP contribution in [0.5, 0.6) is 17.2 Å². The zero-order chi connectivity index (χ0) is 26.2. The molecule has 2 amide bonds. The molecule has 1 atom stereocenters. The van der Waals surface area contributed by atoms with E-state index < -0.39 is 11.7 Å². The van der Waals surface area contributed by atoms with Crippen LogP contribution in [0.1, 0.15) is 50.2 Å². The van der Waals surface area contributed by atoms with Crippen molar-refractivity contribution in [2.45, 2.75) is 57.3 Å². The molecule has 1 N–H and O–H groups in total. The number of benzene rings is 2. The van der Waals surface area contributed by atoms with Gasteiger partial charge < -0.3 is 24.6 Å². The zero-order valence-corrected chi connectivity index (χ0v) is 21.0. The van der Waals surface area contributed by atoms with Crippen LogP contribution in [-0.2, 0) is 6.18 Å². The monoisotopic (exact) mass is 516 g/mol. The van der Waals surface area contributed by atoms with Crippen molar-refractivity contribution in [2.75, 3.05) is 26.7 Å². The molecule has 1 saturated heterocycles. The molecule has 2 heterocycles. The van der Waals surface area contributed by atoms with E-state index in [9.17, 15) is 18.0 Å². The molecule has 37 heavy (non-hydrogen) atoms. The predicted molar refractivity (Wildman–Crippen MR) is 134 cm³/mol.